The van der Waals surface area contributed by atoms with Crippen molar-refractivity contribution in [3.63, 3.8) is 0 Å². The molecule has 0 fully saturated rings. The van der Waals surface area contributed by atoms with Crippen molar-refractivity contribution in [2.45, 2.75) is 67.0 Å². The van der Waals surface area contributed by atoms with E-state index in [4.69, 9.17) is 0 Å². The molecule has 0 bridgehead atoms. The molecule has 1 aromatic heterocycles. The van der Waals surface area contributed by atoms with Crippen molar-refractivity contribution in [2.24, 2.45) is 11.8 Å². The van der Waals surface area contributed by atoms with Crippen molar-refractivity contribution in [3.8, 4) is 0 Å². The predicted molar refractivity (Wildman–Crippen MR) is 143 cm³/mol. The fraction of sp³-hybridized carbons (Fsp3) is 0.464. The van der Waals surface area contributed by atoms with Crippen LogP contribution in [-0.4, -0.2) is 46.7 Å². The molecular formula is C28H40N4O3. The molecule has 0 saturated carbocycles. The van der Waals surface area contributed by atoms with Crippen molar-refractivity contribution in [1.29, 1.82) is 0 Å². The van der Waals surface area contributed by atoms with Gasteiger partial charge < -0.3 is 20.5 Å². The molecule has 0 saturated heterocycles. The zero-order chi connectivity index (χ0) is 26.3. The maximum atomic E-state index is 13.2. The van der Waals surface area contributed by atoms with Crippen molar-refractivity contribution < 1.29 is 14.4 Å². The number of nitrogens with one attached hydrogen (secondary N) is 3. The molecule has 2 unspecified atom stereocenters. The zero-order valence-corrected chi connectivity index (χ0v) is 22.2. The van der Waals surface area contributed by atoms with Crippen LogP contribution in [0, 0.1) is 11.8 Å². The average molecular weight is 481 g/mol. The van der Waals surface area contributed by atoms with Gasteiger partial charge in [0, 0.05) is 42.3 Å². The number of rotatable bonds is 10. The van der Waals surface area contributed by atoms with Crippen LogP contribution in [0.5, 0.6) is 0 Å². The lowest BCUT2D eigenvalue weighted by atomic mass is 9.98. The molecule has 190 valence electrons. The molecule has 7 nitrogen and oxygen atoms in total. The van der Waals surface area contributed by atoms with E-state index < -0.39 is 12.1 Å². The molecule has 35 heavy (non-hydrogen) atoms. The number of carbonyl (C=O) groups is 3. The van der Waals surface area contributed by atoms with Crippen molar-refractivity contribution >= 4 is 40.8 Å². The third kappa shape index (κ3) is 7.57. The Bertz CT molecular complexity index is 1110. The van der Waals surface area contributed by atoms with E-state index in [9.17, 15) is 14.4 Å². The molecule has 0 radical (unpaired) electrons. The number of H-pyrrole nitrogens is 1. The number of fused-ring (bicyclic) bond motifs is 1. The number of aromatic nitrogens is 1. The lowest BCUT2D eigenvalue weighted by Crippen LogP contribution is -2.55. The molecule has 2 atom stereocenters. The molecule has 3 amide bonds. The summed E-state index contributed by atoms with van der Waals surface area (Å²) in [6, 6.07) is 6.67. The number of hydrogen-bond acceptors (Lipinski definition) is 3. The number of carbonyl (C=O) groups excluding carboxylic acids is 3. The number of para-hydroxylation sites is 1. The number of likely N-dealkylation sites (N-methyl/N-ethyl adjacent to an activating group) is 1. The van der Waals surface area contributed by atoms with Crippen LogP contribution in [0.25, 0.3) is 23.1 Å². The lowest BCUT2D eigenvalue weighted by molar-refractivity contribution is -0.142. The van der Waals surface area contributed by atoms with Gasteiger partial charge in [-0.3, -0.25) is 14.4 Å². The summed E-state index contributed by atoms with van der Waals surface area (Å²) in [6.45, 7) is 13.2. The van der Waals surface area contributed by atoms with Crippen LogP contribution in [0.15, 0.2) is 36.0 Å². The molecule has 2 rings (SSSR count). The summed E-state index contributed by atoms with van der Waals surface area (Å²) in [5.74, 6) is -0.723. The minimum Gasteiger partial charge on any atom is -0.355 e. The summed E-state index contributed by atoms with van der Waals surface area (Å²) in [5, 5.41) is 6.67. The Morgan fingerprint density at radius 2 is 1.71 bits per heavy atom. The number of aromatic amines is 1. The fourth-order valence-corrected chi connectivity index (χ4v) is 4.06. The smallest absolute Gasteiger partial charge is 0.246 e. The van der Waals surface area contributed by atoms with Crippen LogP contribution in [0.1, 0.15) is 66.1 Å². The molecule has 0 spiro atoms. The minimum atomic E-state index is -0.687. The van der Waals surface area contributed by atoms with Crippen molar-refractivity contribution in [2.75, 3.05) is 7.05 Å². The largest absolute Gasteiger partial charge is 0.355 e. The Labute approximate surface area is 209 Å². The number of amides is 3. The second kappa shape index (κ2) is 12.4. The zero-order valence-electron chi connectivity index (χ0n) is 22.2. The monoisotopic (exact) mass is 480 g/mol. The van der Waals surface area contributed by atoms with Crippen molar-refractivity contribution in [3.05, 3.63) is 47.3 Å². The first-order chi connectivity index (χ1) is 16.4. The first-order valence-corrected chi connectivity index (χ1v) is 12.2. The molecule has 1 heterocycles. The number of nitrogens with zero attached hydrogens (tertiary/aromatic N) is 1. The van der Waals surface area contributed by atoms with Crippen LogP contribution < -0.4 is 10.6 Å². The van der Waals surface area contributed by atoms with Crippen molar-refractivity contribution in [1.82, 2.24) is 20.5 Å². The molecule has 1 aromatic carbocycles. The fourth-order valence-electron chi connectivity index (χ4n) is 4.06. The van der Waals surface area contributed by atoms with Gasteiger partial charge in [-0.1, -0.05) is 51.5 Å². The van der Waals surface area contributed by atoms with Crippen LogP contribution in [0.4, 0.5) is 0 Å². The third-order valence-corrected chi connectivity index (χ3v) is 5.79. The Kier molecular flexibility index (Phi) is 9.87. The third-order valence-electron chi connectivity index (χ3n) is 5.79. The highest BCUT2D eigenvalue weighted by Gasteiger charge is 2.33. The van der Waals surface area contributed by atoms with E-state index in [1.54, 1.807) is 13.2 Å². The molecule has 0 aliphatic rings. The Morgan fingerprint density at radius 3 is 2.29 bits per heavy atom. The van der Waals surface area contributed by atoms with E-state index in [2.05, 4.69) is 21.7 Å². The first-order valence-electron chi connectivity index (χ1n) is 12.2. The molecule has 2 aromatic rings. The molecule has 0 aliphatic heterocycles. The summed E-state index contributed by atoms with van der Waals surface area (Å²) in [5.41, 5.74) is 4.13. The van der Waals surface area contributed by atoms with E-state index in [1.165, 1.54) is 11.8 Å². The van der Waals surface area contributed by atoms with Crippen LogP contribution in [0.2, 0.25) is 0 Å². The SMILES string of the molecule is CC(=O)NC(C(=O)N(C)C(CC(C)C)C(=O)NC=Cc1c(C=C(C)C)[nH]c2ccccc12)C(C)C. The Morgan fingerprint density at radius 1 is 1.06 bits per heavy atom. The second-order valence-corrected chi connectivity index (χ2v) is 10.1. The van der Waals surface area contributed by atoms with E-state index >= 15 is 0 Å². The highest BCUT2D eigenvalue weighted by Crippen LogP contribution is 2.25. The quantitative estimate of drug-likeness (QED) is 0.460. The maximum Gasteiger partial charge on any atom is 0.246 e. The normalized spacial score (nSPS) is 13.2. The molecule has 3 N–H and O–H groups in total. The highest BCUT2D eigenvalue weighted by molar-refractivity contribution is 5.95. The van der Waals surface area contributed by atoms with Gasteiger partial charge in [-0.25, -0.2) is 0 Å². The van der Waals surface area contributed by atoms with E-state index in [-0.39, 0.29) is 29.6 Å². The summed E-state index contributed by atoms with van der Waals surface area (Å²) in [4.78, 5) is 43.0. The van der Waals surface area contributed by atoms with Gasteiger partial charge in [0.2, 0.25) is 17.7 Å². The van der Waals surface area contributed by atoms with Gasteiger partial charge in [-0.2, -0.15) is 0 Å². The van der Waals surface area contributed by atoms with E-state index in [0.717, 1.165) is 27.7 Å². The summed E-state index contributed by atoms with van der Waals surface area (Å²) in [7, 11) is 1.63. The van der Waals surface area contributed by atoms with Gasteiger partial charge in [-0.05, 0) is 50.3 Å². The average Bonchev–Trinajstić information content (AvgIpc) is 3.10. The van der Waals surface area contributed by atoms with Gasteiger partial charge in [0.05, 0.1) is 0 Å². The molecule has 0 aliphatic carbocycles. The lowest BCUT2D eigenvalue weighted by Gasteiger charge is -2.32. The summed E-state index contributed by atoms with van der Waals surface area (Å²) in [6.07, 6.45) is 6.10. The Hall–Kier alpha value is -3.35. The van der Waals surface area contributed by atoms with Gasteiger partial charge in [0.15, 0.2) is 0 Å². The number of benzene rings is 1. The van der Waals surface area contributed by atoms with Crippen LogP contribution >= 0.6 is 0 Å². The van der Waals surface area contributed by atoms with Gasteiger partial charge >= 0.3 is 0 Å². The second-order valence-electron chi connectivity index (χ2n) is 10.1. The minimum absolute atomic E-state index is 0.105. The first kappa shape index (κ1) is 27.9. The van der Waals surface area contributed by atoms with Gasteiger partial charge in [0.25, 0.3) is 0 Å². The summed E-state index contributed by atoms with van der Waals surface area (Å²) >= 11 is 0. The molecule has 7 heteroatoms. The maximum absolute atomic E-state index is 13.2. The van der Waals surface area contributed by atoms with Gasteiger partial charge in [-0.15, -0.1) is 0 Å². The Balaban J connectivity index is 2.28. The number of hydrogen-bond donors (Lipinski definition) is 3. The van der Waals surface area contributed by atoms with Crippen LogP contribution in [0.3, 0.4) is 0 Å². The van der Waals surface area contributed by atoms with E-state index in [0.29, 0.717) is 6.42 Å². The highest BCUT2D eigenvalue weighted by atomic mass is 16.2. The number of allylic oxidation sites excluding steroid dienone is 1. The van der Waals surface area contributed by atoms with Crippen LogP contribution in [-0.2, 0) is 14.4 Å². The molecular weight excluding hydrogens is 440 g/mol. The topological polar surface area (TPSA) is 94.3 Å². The van der Waals surface area contributed by atoms with E-state index in [1.807, 2.05) is 71.9 Å². The summed E-state index contributed by atoms with van der Waals surface area (Å²) < 4.78 is 0. The predicted octanol–water partition coefficient (Wildman–Crippen LogP) is 4.71. The standard InChI is InChI=1S/C28H40N4O3/c1-17(2)15-24-22(21-11-9-10-12-23(21)31-24)13-14-29-27(34)25(16-18(3)4)32(8)28(35)26(19(5)6)30-20(7)33/h9-15,18-19,25-26,31H,16H2,1-8H3,(H,29,34)(H,30,33). The van der Waals surface area contributed by atoms with Gasteiger partial charge in [0.1, 0.15) is 12.1 Å².